The summed E-state index contributed by atoms with van der Waals surface area (Å²) in [4.78, 5) is 26.4. The number of nitrogens with one attached hydrogen (secondary N) is 1. The Bertz CT molecular complexity index is 804. The van der Waals surface area contributed by atoms with Gasteiger partial charge in [0.2, 0.25) is 0 Å². The van der Waals surface area contributed by atoms with Gasteiger partial charge in [0, 0.05) is 40.8 Å². The molecule has 1 atom stereocenters. The topological polar surface area (TPSA) is 88.2 Å². The van der Waals surface area contributed by atoms with Gasteiger partial charge in [-0.25, -0.2) is 14.0 Å². The number of anilines is 2. The molecule has 4 rings (SSSR count). The van der Waals surface area contributed by atoms with E-state index in [9.17, 15) is 18.2 Å². The molecular formula is C17H20FN3O5S. The van der Waals surface area contributed by atoms with Crippen LogP contribution in [-0.4, -0.2) is 67.3 Å². The summed E-state index contributed by atoms with van der Waals surface area (Å²) in [6, 6.07) is 4.65. The van der Waals surface area contributed by atoms with Gasteiger partial charge in [-0.15, -0.1) is 0 Å². The van der Waals surface area contributed by atoms with Crippen molar-refractivity contribution in [1.29, 1.82) is 0 Å². The summed E-state index contributed by atoms with van der Waals surface area (Å²) >= 11 is 0. The van der Waals surface area contributed by atoms with Crippen LogP contribution in [0.15, 0.2) is 18.2 Å². The summed E-state index contributed by atoms with van der Waals surface area (Å²) in [5.41, 5.74) is 0.981. The highest BCUT2D eigenvalue weighted by Crippen LogP contribution is 2.43. The third kappa shape index (κ3) is 3.33. The smallest absolute Gasteiger partial charge is 0.414 e. The van der Waals surface area contributed by atoms with E-state index in [1.807, 2.05) is 4.90 Å². The van der Waals surface area contributed by atoms with E-state index in [1.54, 1.807) is 12.1 Å². The van der Waals surface area contributed by atoms with Crippen LogP contribution in [0.25, 0.3) is 0 Å². The zero-order valence-corrected chi connectivity index (χ0v) is 15.6. The molecule has 3 heterocycles. The third-order valence-electron chi connectivity index (χ3n) is 5.10. The highest BCUT2D eigenvalue weighted by molar-refractivity contribution is 7.86. The van der Waals surface area contributed by atoms with Crippen LogP contribution in [0.3, 0.4) is 0 Å². The Labute approximate surface area is 158 Å². The van der Waals surface area contributed by atoms with Crippen molar-refractivity contribution in [2.24, 2.45) is 5.41 Å². The number of cyclic esters (lactones) is 1. The number of halogens is 1. The van der Waals surface area contributed by atoms with Crippen LogP contribution in [-0.2, 0) is 20.3 Å². The van der Waals surface area contributed by atoms with Crippen molar-refractivity contribution in [2.75, 3.05) is 54.6 Å². The predicted octanol–water partition coefficient (Wildman–Crippen LogP) is 1.08. The number of carbonyl (C=O) groups excluding carboxylic acids is 2. The fourth-order valence-corrected chi connectivity index (χ4v) is 5.43. The lowest BCUT2D eigenvalue weighted by Gasteiger charge is -2.55. The molecule has 0 unspecified atom stereocenters. The van der Waals surface area contributed by atoms with Crippen LogP contribution in [0.5, 0.6) is 0 Å². The molecular weight excluding hydrogens is 377 g/mol. The van der Waals surface area contributed by atoms with Crippen molar-refractivity contribution < 1.29 is 27.7 Å². The normalized spacial score (nSPS) is 23.6. The maximum absolute atomic E-state index is 14.6. The molecule has 3 saturated heterocycles. The van der Waals surface area contributed by atoms with Crippen LogP contribution in [0, 0.1) is 11.2 Å². The number of benzene rings is 1. The number of ether oxygens (including phenoxy) is 2. The molecule has 1 N–H and O–H groups in total. The number of rotatable bonds is 4. The summed E-state index contributed by atoms with van der Waals surface area (Å²) in [7, 11) is 0.529. The summed E-state index contributed by atoms with van der Waals surface area (Å²) in [6.07, 6.45) is -1.73. The molecule has 1 aromatic rings. The van der Waals surface area contributed by atoms with E-state index in [0.717, 1.165) is 0 Å². The third-order valence-corrected chi connectivity index (χ3v) is 6.97. The van der Waals surface area contributed by atoms with Crippen molar-refractivity contribution in [2.45, 2.75) is 6.10 Å². The second-order valence-corrected chi connectivity index (χ2v) is 8.67. The van der Waals surface area contributed by atoms with Crippen molar-refractivity contribution in [3.63, 3.8) is 0 Å². The average molecular weight is 397 g/mol. The molecule has 146 valence electrons. The molecule has 2 amide bonds. The molecule has 3 fully saturated rings. The maximum Gasteiger partial charge on any atom is 0.414 e. The Hall–Kier alpha value is -2.36. The van der Waals surface area contributed by atoms with Crippen LogP contribution >= 0.6 is 0 Å². The molecule has 0 saturated carbocycles. The van der Waals surface area contributed by atoms with Gasteiger partial charge in [0.15, 0.2) is 0 Å². The van der Waals surface area contributed by atoms with E-state index in [4.69, 9.17) is 4.74 Å². The number of amides is 2. The van der Waals surface area contributed by atoms with Gasteiger partial charge in [-0.3, -0.25) is 9.11 Å². The SMILES string of the molecule is COC(=O)NC[C@H]1CN(c2ccc(N3CC4(C3)CS(=O)C4)c(F)c2)C(=O)O1. The summed E-state index contributed by atoms with van der Waals surface area (Å²) in [5, 5.41) is 2.47. The highest BCUT2D eigenvalue weighted by Gasteiger charge is 2.52. The van der Waals surface area contributed by atoms with Crippen molar-refractivity contribution >= 4 is 34.4 Å². The van der Waals surface area contributed by atoms with E-state index in [2.05, 4.69) is 10.1 Å². The number of hydrogen-bond donors (Lipinski definition) is 1. The fraction of sp³-hybridized carbons (Fsp3) is 0.529. The van der Waals surface area contributed by atoms with Crippen LogP contribution in [0.1, 0.15) is 0 Å². The summed E-state index contributed by atoms with van der Waals surface area (Å²) in [6.45, 7) is 1.75. The Balaban J connectivity index is 1.38. The second-order valence-electron chi connectivity index (χ2n) is 7.21. The van der Waals surface area contributed by atoms with Crippen molar-refractivity contribution in [1.82, 2.24) is 5.32 Å². The van der Waals surface area contributed by atoms with Crippen LogP contribution in [0.4, 0.5) is 25.4 Å². The van der Waals surface area contributed by atoms with Gasteiger partial charge in [0.1, 0.15) is 11.9 Å². The first kappa shape index (κ1) is 18.0. The number of hydrogen-bond acceptors (Lipinski definition) is 6. The minimum atomic E-state index is -0.718. The molecule has 8 nitrogen and oxygen atoms in total. The molecule has 0 aliphatic carbocycles. The lowest BCUT2D eigenvalue weighted by atomic mass is 9.82. The Morgan fingerprint density at radius 2 is 2.19 bits per heavy atom. The van der Waals surface area contributed by atoms with Gasteiger partial charge in [0.05, 0.1) is 31.6 Å². The highest BCUT2D eigenvalue weighted by atomic mass is 32.2. The Kier molecular flexibility index (Phi) is 4.45. The molecule has 3 aliphatic rings. The van der Waals surface area contributed by atoms with Crippen LogP contribution < -0.4 is 15.1 Å². The minimum absolute atomic E-state index is 0.0919. The second kappa shape index (κ2) is 6.66. The van der Waals surface area contributed by atoms with Gasteiger partial charge in [-0.1, -0.05) is 0 Å². The standard InChI is InChI=1S/C17H20FN3O5S/c1-25-15(22)19-5-12-6-21(16(23)26-12)11-2-3-14(13(18)4-11)20-7-17(8-20)9-27(24)10-17/h2-4,12H,5-10H2,1H3,(H,19,22)/t12-/m0/s1. The minimum Gasteiger partial charge on any atom is -0.453 e. The van der Waals surface area contributed by atoms with Crippen molar-refractivity contribution in [3.8, 4) is 0 Å². The Morgan fingerprint density at radius 1 is 1.44 bits per heavy atom. The zero-order valence-electron chi connectivity index (χ0n) is 14.8. The van der Waals surface area contributed by atoms with Gasteiger partial charge < -0.3 is 19.7 Å². The van der Waals surface area contributed by atoms with Crippen molar-refractivity contribution in [3.05, 3.63) is 24.0 Å². The van der Waals surface area contributed by atoms with Gasteiger partial charge in [-0.2, -0.15) is 0 Å². The van der Waals surface area contributed by atoms with Gasteiger partial charge in [0.25, 0.3) is 0 Å². The van der Waals surface area contributed by atoms with E-state index >= 15 is 0 Å². The summed E-state index contributed by atoms with van der Waals surface area (Å²) < 4.78 is 35.6. The maximum atomic E-state index is 14.6. The molecule has 1 spiro atoms. The molecule has 10 heteroatoms. The monoisotopic (exact) mass is 397 g/mol. The fourth-order valence-electron chi connectivity index (χ4n) is 3.79. The predicted molar refractivity (Wildman–Crippen MR) is 96.9 cm³/mol. The van der Waals surface area contributed by atoms with E-state index in [1.165, 1.54) is 18.1 Å². The van der Waals surface area contributed by atoms with Crippen LogP contribution in [0.2, 0.25) is 0 Å². The van der Waals surface area contributed by atoms with E-state index in [0.29, 0.717) is 36.0 Å². The lowest BCUT2D eigenvalue weighted by molar-refractivity contribution is 0.132. The average Bonchev–Trinajstić information content (AvgIpc) is 2.96. The molecule has 27 heavy (non-hydrogen) atoms. The first-order chi connectivity index (χ1) is 12.9. The number of alkyl carbamates (subject to hydrolysis) is 1. The number of carbonyl (C=O) groups is 2. The molecule has 1 aromatic carbocycles. The molecule has 3 aliphatic heterocycles. The van der Waals surface area contributed by atoms with Gasteiger partial charge >= 0.3 is 12.2 Å². The summed E-state index contributed by atoms with van der Waals surface area (Å²) in [5.74, 6) is 0.986. The van der Waals surface area contributed by atoms with Gasteiger partial charge in [-0.05, 0) is 18.2 Å². The zero-order chi connectivity index (χ0) is 19.2. The van der Waals surface area contributed by atoms with E-state index < -0.39 is 34.9 Å². The Morgan fingerprint density at radius 3 is 2.81 bits per heavy atom. The molecule has 0 radical (unpaired) electrons. The molecule has 0 aromatic heterocycles. The lowest BCUT2D eigenvalue weighted by Crippen LogP contribution is -2.67. The van der Waals surface area contributed by atoms with E-state index in [-0.39, 0.29) is 18.5 Å². The first-order valence-electron chi connectivity index (χ1n) is 8.59. The largest absolute Gasteiger partial charge is 0.453 e. The quantitative estimate of drug-likeness (QED) is 0.818. The molecule has 0 bridgehead atoms. The first-order valence-corrected chi connectivity index (χ1v) is 10.1. The number of methoxy groups -OCH3 is 1. The number of nitrogens with zero attached hydrogens (tertiary/aromatic N) is 2.